The molecule has 0 aromatic heterocycles. The van der Waals surface area contributed by atoms with Gasteiger partial charge in [0.15, 0.2) is 17.5 Å². The smallest absolute Gasteiger partial charge is 0.194 e. The summed E-state index contributed by atoms with van der Waals surface area (Å²) in [5.74, 6) is -3.42. The van der Waals surface area contributed by atoms with E-state index in [1.165, 1.54) is 49.8 Å². The average molecular weight is 412 g/mol. The van der Waals surface area contributed by atoms with E-state index >= 15 is 0 Å². The van der Waals surface area contributed by atoms with E-state index < -0.39 is 23.3 Å². The summed E-state index contributed by atoms with van der Waals surface area (Å²) in [6.45, 7) is 2.23. The molecule has 4 heteroatoms. The molecule has 156 valence electrons. The number of hydrogen-bond acceptors (Lipinski definition) is 0. The van der Waals surface area contributed by atoms with E-state index in [1.807, 2.05) is 12.1 Å². The molecule has 4 rings (SSSR count). The van der Waals surface area contributed by atoms with Gasteiger partial charge < -0.3 is 0 Å². The fraction of sp³-hybridized carbons (Fsp3) is 0.308. The van der Waals surface area contributed by atoms with Crippen molar-refractivity contribution in [2.75, 3.05) is 0 Å². The first-order valence-electron chi connectivity index (χ1n) is 10.5. The van der Waals surface area contributed by atoms with Gasteiger partial charge in [0, 0.05) is 5.56 Å². The third-order valence-corrected chi connectivity index (χ3v) is 6.22. The van der Waals surface area contributed by atoms with Gasteiger partial charge in [-0.15, -0.1) is 0 Å². The maximum Gasteiger partial charge on any atom is 0.194 e. The zero-order valence-corrected chi connectivity index (χ0v) is 16.9. The molecule has 0 saturated heterocycles. The molecule has 30 heavy (non-hydrogen) atoms. The van der Waals surface area contributed by atoms with Gasteiger partial charge in [0.05, 0.1) is 0 Å². The Balaban J connectivity index is 1.55. The highest BCUT2D eigenvalue weighted by Gasteiger charge is 2.25. The molecule has 3 aromatic rings. The number of benzene rings is 3. The molecular weight excluding hydrogens is 388 g/mol. The van der Waals surface area contributed by atoms with Gasteiger partial charge in [-0.1, -0.05) is 56.2 Å². The predicted molar refractivity (Wildman–Crippen MR) is 112 cm³/mol. The fourth-order valence-corrected chi connectivity index (χ4v) is 4.64. The van der Waals surface area contributed by atoms with Crippen LogP contribution in [0.15, 0.2) is 54.6 Å². The third kappa shape index (κ3) is 4.14. The summed E-state index contributed by atoms with van der Waals surface area (Å²) in [4.78, 5) is 0. The second-order valence-corrected chi connectivity index (χ2v) is 8.24. The Morgan fingerprint density at radius 3 is 2.00 bits per heavy atom. The lowest BCUT2D eigenvalue weighted by atomic mass is 9.93. The summed E-state index contributed by atoms with van der Waals surface area (Å²) >= 11 is 0. The molecule has 1 fully saturated rings. The van der Waals surface area contributed by atoms with Gasteiger partial charge in [-0.2, -0.15) is 0 Å². The zero-order chi connectivity index (χ0) is 21.3. The minimum Gasteiger partial charge on any atom is -0.206 e. The third-order valence-electron chi connectivity index (χ3n) is 6.22. The van der Waals surface area contributed by atoms with Crippen molar-refractivity contribution in [3.63, 3.8) is 0 Å². The van der Waals surface area contributed by atoms with Crippen LogP contribution in [0.4, 0.5) is 17.6 Å². The number of hydrogen-bond donors (Lipinski definition) is 0. The Labute approximate surface area is 174 Å². The van der Waals surface area contributed by atoms with Crippen molar-refractivity contribution in [1.82, 2.24) is 0 Å². The molecule has 0 radical (unpaired) electrons. The van der Waals surface area contributed by atoms with Crippen LogP contribution in [0.1, 0.15) is 50.5 Å². The highest BCUT2D eigenvalue weighted by Crippen LogP contribution is 2.40. The zero-order valence-electron chi connectivity index (χ0n) is 16.9. The monoisotopic (exact) mass is 412 g/mol. The quantitative estimate of drug-likeness (QED) is 0.292. The van der Waals surface area contributed by atoms with Crippen molar-refractivity contribution in [2.45, 2.75) is 44.9 Å². The van der Waals surface area contributed by atoms with Gasteiger partial charge in [-0.25, -0.2) is 17.6 Å². The van der Waals surface area contributed by atoms with Crippen molar-refractivity contribution in [3.05, 3.63) is 83.4 Å². The van der Waals surface area contributed by atoms with E-state index in [2.05, 4.69) is 19.1 Å². The summed E-state index contributed by atoms with van der Waals surface area (Å²) in [6.07, 6.45) is 6.27. The average Bonchev–Trinajstić information content (AvgIpc) is 3.21. The van der Waals surface area contributed by atoms with Crippen molar-refractivity contribution in [3.8, 4) is 22.3 Å². The van der Waals surface area contributed by atoms with Crippen molar-refractivity contribution >= 4 is 0 Å². The largest absolute Gasteiger partial charge is 0.206 e. The van der Waals surface area contributed by atoms with Gasteiger partial charge in [0.1, 0.15) is 5.82 Å². The molecule has 2 unspecified atom stereocenters. The fourth-order valence-electron chi connectivity index (χ4n) is 4.64. The Hall–Kier alpha value is -2.62. The SMILES string of the molecule is CCCC1CCC(c2ccc(-c3ccc(-c4cc(F)c(F)c(F)c4)c(F)c3)cc2)C1. The normalized spacial score (nSPS) is 18.7. The van der Waals surface area contributed by atoms with Crippen molar-refractivity contribution in [1.29, 1.82) is 0 Å². The van der Waals surface area contributed by atoms with Gasteiger partial charge >= 0.3 is 0 Å². The van der Waals surface area contributed by atoms with Crippen molar-refractivity contribution in [2.24, 2.45) is 5.92 Å². The van der Waals surface area contributed by atoms with E-state index in [1.54, 1.807) is 6.07 Å². The van der Waals surface area contributed by atoms with E-state index in [0.717, 1.165) is 23.6 Å². The molecule has 0 bridgehead atoms. The van der Waals surface area contributed by atoms with Crippen LogP contribution in [0.2, 0.25) is 0 Å². The van der Waals surface area contributed by atoms with Crippen LogP contribution in [0, 0.1) is 29.2 Å². The molecule has 0 nitrogen and oxygen atoms in total. The summed E-state index contributed by atoms with van der Waals surface area (Å²) < 4.78 is 54.9. The van der Waals surface area contributed by atoms with Crippen LogP contribution in [0.3, 0.4) is 0 Å². The highest BCUT2D eigenvalue weighted by atomic mass is 19.2. The molecule has 0 aliphatic heterocycles. The number of rotatable bonds is 5. The van der Waals surface area contributed by atoms with Gasteiger partial charge in [-0.3, -0.25) is 0 Å². The molecule has 2 atom stereocenters. The Kier molecular flexibility index (Phi) is 5.94. The highest BCUT2D eigenvalue weighted by molar-refractivity contribution is 5.71. The molecule has 1 saturated carbocycles. The lowest BCUT2D eigenvalue weighted by molar-refractivity contribution is 0.447. The molecule has 1 aliphatic carbocycles. The van der Waals surface area contributed by atoms with Crippen LogP contribution < -0.4 is 0 Å². The Bertz CT molecular complexity index is 1020. The van der Waals surface area contributed by atoms with Crippen LogP contribution in [-0.2, 0) is 0 Å². The minimum atomic E-state index is -1.56. The first-order chi connectivity index (χ1) is 14.5. The van der Waals surface area contributed by atoms with Crippen LogP contribution in [-0.4, -0.2) is 0 Å². The van der Waals surface area contributed by atoms with E-state index in [9.17, 15) is 17.6 Å². The summed E-state index contributed by atoms with van der Waals surface area (Å²) in [7, 11) is 0. The second-order valence-electron chi connectivity index (χ2n) is 8.24. The van der Waals surface area contributed by atoms with Crippen LogP contribution in [0.5, 0.6) is 0 Å². The molecule has 0 N–H and O–H groups in total. The number of halogens is 4. The summed E-state index contributed by atoms with van der Waals surface area (Å²) in [6, 6.07) is 14.3. The molecule has 0 amide bonds. The molecule has 0 heterocycles. The van der Waals surface area contributed by atoms with Gasteiger partial charge in [0.2, 0.25) is 0 Å². The standard InChI is InChI=1S/C26H24F4/c1-2-3-16-4-5-19(12-16)17-6-8-18(9-7-17)20-10-11-22(23(27)13-20)21-14-24(28)26(30)25(29)15-21/h6-11,13-16,19H,2-5,12H2,1H3. The Morgan fingerprint density at radius 2 is 1.37 bits per heavy atom. The van der Waals surface area contributed by atoms with Crippen molar-refractivity contribution < 1.29 is 17.6 Å². The lowest BCUT2D eigenvalue weighted by Crippen LogP contribution is -1.96. The summed E-state index contributed by atoms with van der Waals surface area (Å²) in [5.41, 5.74) is 2.88. The minimum absolute atomic E-state index is 0.0288. The van der Waals surface area contributed by atoms with Crippen LogP contribution in [0.25, 0.3) is 22.3 Å². The lowest BCUT2D eigenvalue weighted by Gasteiger charge is -2.13. The predicted octanol–water partition coefficient (Wildman–Crippen LogP) is 8.26. The van der Waals surface area contributed by atoms with E-state index in [0.29, 0.717) is 11.5 Å². The van der Waals surface area contributed by atoms with Crippen LogP contribution >= 0.6 is 0 Å². The first-order valence-corrected chi connectivity index (χ1v) is 10.5. The van der Waals surface area contributed by atoms with E-state index in [-0.39, 0.29) is 11.1 Å². The molecular formula is C26H24F4. The topological polar surface area (TPSA) is 0 Å². The van der Waals surface area contributed by atoms with Gasteiger partial charge in [-0.05, 0) is 71.6 Å². The maximum absolute atomic E-state index is 14.7. The molecule has 0 spiro atoms. The van der Waals surface area contributed by atoms with Gasteiger partial charge in [0.25, 0.3) is 0 Å². The molecule has 1 aliphatic rings. The Morgan fingerprint density at radius 1 is 0.733 bits per heavy atom. The summed E-state index contributed by atoms with van der Waals surface area (Å²) in [5, 5.41) is 0. The first kappa shape index (κ1) is 20.6. The maximum atomic E-state index is 14.7. The van der Waals surface area contributed by atoms with E-state index in [4.69, 9.17) is 0 Å². The second kappa shape index (κ2) is 8.63. The molecule has 3 aromatic carbocycles.